The summed E-state index contributed by atoms with van der Waals surface area (Å²) in [7, 11) is 0. The van der Waals surface area contributed by atoms with E-state index in [1.807, 2.05) is 0 Å². The number of ketones is 1. The Morgan fingerprint density at radius 3 is 2.29 bits per heavy atom. The molecule has 0 spiro atoms. The van der Waals surface area contributed by atoms with Gasteiger partial charge in [-0.05, 0) is 35.4 Å². The van der Waals surface area contributed by atoms with Crippen LogP contribution in [0.1, 0.15) is 33.8 Å². The Bertz CT molecular complexity index is 1150. The van der Waals surface area contributed by atoms with E-state index in [1.165, 1.54) is 6.07 Å². The summed E-state index contributed by atoms with van der Waals surface area (Å²) in [6.07, 6.45) is -4.41. The highest BCUT2D eigenvalue weighted by molar-refractivity contribution is 5.96. The Kier molecular flexibility index (Phi) is 6.19. The first-order chi connectivity index (χ1) is 14.5. The first kappa shape index (κ1) is 22.1. The highest BCUT2D eigenvalue weighted by Gasteiger charge is 2.33. The van der Waals surface area contributed by atoms with E-state index < -0.39 is 53.2 Å². The fourth-order valence-corrected chi connectivity index (χ4v) is 3.02. The van der Waals surface area contributed by atoms with Crippen molar-refractivity contribution >= 4 is 5.78 Å². The van der Waals surface area contributed by atoms with Gasteiger partial charge in [-0.15, -0.1) is 13.2 Å². The number of hydrogen-bond donors (Lipinski definition) is 1. The number of Topliss-reactive ketones (excluding diaryl/α,β-unsaturated/α-hetero) is 1. The monoisotopic (exact) mass is 441 g/mol. The minimum Gasteiger partial charge on any atom is -0.403 e. The molecule has 0 bridgehead atoms. The summed E-state index contributed by atoms with van der Waals surface area (Å²) >= 11 is 0. The SMILES string of the molecule is O=C(CC(c1ccc(OC(F)(F)F)c(F)c1)c1ccc(F)cc1F)c1ccc(=O)[nH]c1. The van der Waals surface area contributed by atoms with Crippen LogP contribution in [0.5, 0.6) is 5.75 Å². The van der Waals surface area contributed by atoms with Crippen molar-refractivity contribution in [3.63, 3.8) is 0 Å². The number of aromatic nitrogens is 1. The average Bonchev–Trinajstić information content (AvgIpc) is 2.68. The molecular weight excluding hydrogens is 428 g/mol. The van der Waals surface area contributed by atoms with Crippen LogP contribution in [0.2, 0.25) is 0 Å². The maximum atomic E-state index is 14.4. The van der Waals surface area contributed by atoms with Crippen LogP contribution >= 0.6 is 0 Å². The molecule has 1 heterocycles. The van der Waals surface area contributed by atoms with Crippen LogP contribution in [-0.4, -0.2) is 17.1 Å². The number of ether oxygens (including phenoxy) is 1. The van der Waals surface area contributed by atoms with Gasteiger partial charge in [-0.2, -0.15) is 0 Å². The van der Waals surface area contributed by atoms with Crippen molar-refractivity contribution in [2.75, 3.05) is 0 Å². The Labute approximate surface area is 171 Å². The predicted octanol–water partition coefficient (Wildman–Crippen LogP) is 5.10. The van der Waals surface area contributed by atoms with E-state index in [2.05, 4.69) is 9.72 Å². The number of aromatic amines is 1. The van der Waals surface area contributed by atoms with Gasteiger partial charge in [0.15, 0.2) is 17.3 Å². The third kappa shape index (κ3) is 5.53. The highest BCUT2D eigenvalue weighted by atomic mass is 19.4. The van der Waals surface area contributed by atoms with Crippen LogP contribution in [-0.2, 0) is 0 Å². The molecule has 31 heavy (non-hydrogen) atoms. The smallest absolute Gasteiger partial charge is 0.403 e. The normalized spacial score (nSPS) is 12.5. The number of halogens is 6. The molecule has 2 aromatic carbocycles. The van der Waals surface area contributed by atoms with Crippen molar-refractivity contribution in [2.45, 2.75) is 18.7 Å². The van der Waals surface area contributed by atoms with Gasteiger partial charge in [0.2, 0.25) is 5.56 Å². The second-order valence-electron chi connectivity index (χ2n) is 6.52. The third-order valence-electron chi connectivity index (χ3n) is 4.42. The van der Waals surface area contributed by atoms with Crippen molar-refractivity contribution in [3.8, 4) is 5.75 Å². The lowest BCUT2D eigenvalue weighted by Crippen LogP contribution is -2.18. The van der Waals surface area contributed by atoms with Crippen molar-refractivity contribution < 1.29 is 35.9 Å². The van der Waals surface area contributed by atoms with Gasteiger partial charge in [-0.25, -0.2) is 13.2 Å². The topological polar surface area (TPSA) is 59.2 Å². The van der Waals surface area contributed by atoms with Gasteiger partial charge >= 0.3 is 6.36 Å². The fourth-order valence-electron chi connectivity index (χ4n) is 3.02. The molecule has 0 saturated heterocycles. The maximum Gasteiger partial charge on any atom is 0.573 e. The summed E-state index contributed by atoms with van der Waals surface area (Å²) in [5, 5.41) is 0. The minimum absolute atomic E-state index is 0.0321. The number of alkyl halides is 3. The molecule has 0 aliphatic rings. The molecule has 0 saturated carbocycles. The molecule has 0 fully saturated rings. The van der Waals surface area contributed by atoms with E-state index in [0.29, 0.717) is 18.2 Å². The number of hydrogen-bond acceptors (Lipinski definition) is 3. The predicted molar refractivity (Wildman–Crippen MR) is 97.3 cm³/mol. The quantitative estimate of drug-likeness (QED) is 0.428. The molecule has 4 nitrogen and oxygen atoms in total. The van der Waals surface area contributed by atoms with E-state index in [4.69, 9.17) is 0 Å². The molecule has 0 aliphatic carbocycles. The van der Waals surface area contributed by atoms with Gasteiger partial charge in [-0.3, -0.25) is 9.59 Å². The molecule has 3 rings (SSSR count). The van der Waals surface area contributed by atoms with E-state index in [-0.39, 0.29) is 16.7 Å². The summed E-state index contributed by atoms with van der Waals surface area (Å²) in [4.78, 5) is 26.1. The second-order valence-corrected chi connectivity index (χ2v) is 6.52. The van der Waals surface area contributed by atoms with Crippen LogP contribution in [0.3, 0.4) is 0 Å². The lowest BCUT2D eigenvalue weighted by molar-refractivity contribution is -0.275. The first-order valence-electron chi connectivity index (χ1n) is 8.75. The molecule has 1 atom stereocenters. The molecule has 0 radical (unpaired) electrons. The Morgan fingerprint density at radius 2 is 1.71 bits per heavy atom. The van der Waals surface area contributed by atoms with Crippen LogP contribution in [0.15, 0.2) is 59.5 Å². The maximum absolute atomic E-state index is 14.4. The Morgan fingerprint density at radius 1 is 0.968 bits per heavy atom. The second kappa shape index (κ2) is 8.66. The molecule has 0 aliphatic heterocycles. The first-order valence-corrected chi connectivity index (χ1v) is 8.75. The largest absolute Gasteiger partial charge is 0.573 e. The Hall–Kier alpha value is -3.56. The standard InChI is InChI=1S/C21H13F6NO3/c22-13-3-4-14(16(23)8-13)15(9-18(29)12-2-6-20(30)28-10-12)11-1-5-19(17(24)7-11)31-21(25,26)27/h1-8,10,15H,9H2,(H,28,30). The fraction of sp³-hybridized carbons (Fsp3) is 0.143. The third-order valence-corrected chi connectivity index (χ3v) is 4.42. The number of nitrogens with one attached hydrogen (secondary N) is 1. The Balaban J connectivity index is 2.01. The average molecular weight is 441 g/mol. The number of rotatable bonds is 6. The van der Waals surface area contributed by atoms with Crippen LogP contribution in [0.4, 0.5) is 26.3 Å². The summed E-state index contributed by atoms with van der Waals surface area (Å²) in [5.41, 5.74) is -0.581. The van der Waals surface area contributed by atoms with Crippen LogP contribution < -0.4 is 10.3 Å². The summed E-state index contributed by atoms with van der Waals surface area (Å²) in [5.74, 6) is -6.10. The minimum atomic E-state index is -5.12. The number of pyridine rings is 1. The zero-order valence-electron chi connectivity index (χ0n) is 15.5. The van der Waals surface area contributed by atoms with Crippen molar-refractivity contribution in [1.29, 1.82) is 0 Å². The van der Waals surface area contributed by atoms with Crippen molar-refractivity contribution in [3.05, 3.63) is 99.2 Å². The number of carbonyl (C=O) groups excluding carboxylic acids is 1. The van der Waals surface area contributed by atoms with Gasteiger partial charge in [0.1, 0.15) is 11.6 Å². The molecule has 1 aromatic heterocycles. The highest BCUT2D eigenvalue weighted by Crippen LogP contribution is 2.34. The van der Waals surface area contributed by atoms with Crippen LogP contribution in [0.25, 0.3) is 0 Å². The lowest BCUT2D eigenvalue weighted by atomic mass is 9.85. The molecule has 10 heteroatoms. The molecule has 1 N–H and O–H groups in total. The van der Waals surface area contributed by atoms with Crippen molar-refractivity contribution in [1.82, 2.24) is 4.98 Å². The lowest BCUT2D eigenvalue weighted by Gasteiger charge is -2.19. The van der Waals surface area contributed by atoms with Gasteiger partial charge in [-0.1, -0.05) is 12.1 Å². The van der Waals surface area contributed by atoms with Gasteiger partial charge in [0.25, 0.3) is 0 Å². The number of H-pyrrole nitrogens is 1. The summed E-state index contributed by atoms with van der Waals surface area (Å²) in [6, 6.07) is 7.36. The summed E-state index contributed by atoms with van der Waals surface area (Å²) in [6.45, 7) is 0. The van der Waals surface area contributed by atoms with E-state index in [9.17, 15) is 35.9 Å². The summed E-state index contributed by atoms with van der Waals surface area (Å²) < 4.78 is 82.7. The van der Waals surface area contributed by atoms with E-state index >= 15 is 0 Å². The molecule has 0 amide bonds. The zero-order chi connectivity index (χ0) is 22.8. The van der Waals surface area contributed by atoms with Crippen molar-refractivity contribution in [2.24, 2.45) is 0 Å². The molecule has 1 unspecified atom stereocenters. The van der Waals surface area contributed by atoms with Gasteiger partial charge in [0, 0.05) is 36.2 Å². The van der Waals surface area contributed by atoms with E-state index in [0.717, 1.165) is 30.5 Å². The number of benzene rings is 2. The van der Waals surface area contributed by atoms with Gasteiger partial charge in [0.05, 0.1) is 0 Å². The molecule has 3 aromatic rings. The molecular formula is C21H13F6NO3. The van der Waals surface area contributed by atoms with Gasteiger partial charge < -0.3 is 9.72 Å². The van der Waals surface area contributed by atoms with Crippen LogP contribution in [0, 0.1) is 17.5 Å². The van der Waals surface area contributed by atoms with E-state index in [1.54, 1.807) is 0 Å². The zero-order valence-corrected chi connectivity index (χ0v) is 15.5. The number of carbonyl (C=O) groups is 1. The molecule has 162 valence electrons.